The van der Waals surface area contributed by atoms with Crippen LogP contribution in [0, 0.1) is 0 Å². The van der Waals surface area contributed by atoms with Crippen LogP contribution in [0.2, 0.25) is 0 Å². The Balaban J connectivity index is 1.03. The molecule has 6 aliphatic rings. The Morgan fingerprint density at radius 2 is 0.849 bits per heavy atom. The normalized spacial score (nSPS) is 16.6. The molecule has 17 rings (SSSR count). The predicted molar refractivity (Wildman–Crippen MR) is 305 cm³/mol. The van der Waals surface area contributed by atoms with Crippen molar-refractivity contribution >= 4 is 67.9 Å². The van der Waals surface area contributed by atoms with Gasteiger partial charge in [0.25, 0.3) is 6.71 Å². The minimum atomic E-state index is -0.500. The van der Waals surface area contributed by atoms with E-state index in [2.05, 4.69) is 266 Å². The number of thiophene rings is 1. The third-order valence-electron chi connectivity index (χ3n) is 17.6. The van der Waals surface area contributed by atoms with Gasteiger partial charge in [0.1, 0.15) is 0 Å². The van der Waals surface area contributed by atoms with Crippen molar-refractivity contribution in [1.82, 2.24) is 0 Å². The van der Waals surface area contributed by atoms with E-state index < -0.39 is 10.8 Å². The highest BCUT2D eigenvalue weighted by atomic mass is 32.1. The summed E-state index contributed by atoms with van der Waals surface area (Å²) in [4.78, 5) is 6.64. The van der Waals surface area contributed by atoms with Crippen LogP contribution in [0.4, 0.5) is 34.1 Å². The Kier molecular flexibility index (Phi) is 7.80. The largest absolute Gasteiger partial charge is 0.311 e. The van der Waals surface area contributed by atoms with Crippen molar-refractivity contribution in [3.63, 3.8) is 0 Å². The van der Waals surface area contributed by atoms with Crippen molar-refractivity contribution < 1.29 is 0 Å². The van der Waals surface area contributed by atoms with Crippen LogP contribution >= 0.6 is 11.3 Å². The first kappa shape index (κ1) is 40.2. The number of anilines is 6. The lowest BCUT2D eigenvalue weighted by Gasteiger charge is -2.44. The smallest absolute Gasteiger partial charge is 0.264 e. The number of fused-ring (bicyclic) bond motifs is 25. The van der Waals surface area contributed by atoms with Crippen LogP contribution in [0.15, 0.2) is 231 Å². The summed E-state index contributed by atoms with van der Waals surface area (Å²) in [7, 11) is 0. The number of hydrogen-bond donors (Lipinski definition) is 0. The Morgan fingerprint density at radius 1 is 0.384 bits per heavy atom. The maximum Gasteiger partial charge on any atom is 0.264 e. The first-order valence-corrected chi connectivity index (χ1v) is 26.7. The highest BCUT2D eigenvalue weighted by molar-refractivity contribution is 7.30. The van der Waals surface area contributed by atoms with E-state index in [0.29, 0.717) is 5.92 Å². The first-order chi connectivity index (χ1) is 36.1. The van der Waals surface area contributed by atoms with Gasteiger partial charge in [-0.05, 0) is 143 Å². The number of benzene rings is 10. The van der Waals surface area contributed by atoms with Gasteiger partial charge in [-0.25, -0.2) is 0 Å². The molecule has 2 aliphatic heterocycles. The minimum Gasteiger partial charge on any atom is -0.311 e. The van der Waals surface area contributed by atoms with Crippen LogP contribution in [-0.2, 0) is 10.8 Å². The summed E-state index contributed by atoms with van der Waals surface area (Å²) >= 11 is 2.07. The highest BCUT2D eigenvalue weighted by Gasteiger charge is 2.58. The van der Waals surface area contributed by atoms with Crippen molar-refractivity contribution in [2.75, 3.05) is 9.80 Å². The zero-order valence-electron chi connectivity index (χ0n) is 40.4. The molecule has 0 radical (unpaired) electrons. The molecule has 0 amide bonds. The molecule has 1 atom stereocenters. The van der Waals surface area contributed by atoms with Gasteiger partial charge in [0, 0.05) is 43.7 Å². The third kappa shape index (κ3) is 4.74. The maximum atomic E-state index is 2.70. The minimum absolute atomic E-state index is 0.0630. The second-order valence-corrected chi connectivity index (χ2v) is 22.2. The molecule has 11 aromatic rings. The van der Waals surface area contributed by atoms with E-state index in [1.807, 2.05) is 0 Å². The third-order valence-corrected chi connectivity index (χ3v) is 19.0. The van der Waals surface area contributed by atoms with E-state index in [1.54, 1.807) is 0 Å². The zero-order chi connectivity index (χ0) is 47.9. The van der Waals surface area contributed by atoms with Crippen LogP contribution in [0.1, 0.15) is 69.2 Å². The van der Waals surface area contributed by atoms with E-state index in [4.69, 9.17) is 0 Å². The Bertz CT molecular complexity index is 4180. The average Bonchev–Trinajstić information content (AvgIpc) is 4.23. The number of hydrogen-bond acceptors (Lipinski definition) is 3. The van der Waals surface area contributed by atoms with Gasteiger partial charge in [0.05, 0.1) is 16.5 Å². The molecule has 340 valence electrons. The van der Waals surface area contributed by atoms with E-state index in [0.717, 1.165) is 5.69 Å². The predicted octanol–water partition coefficient (Wildman–Crippen LogP) is 15.6. The molecule has 10 aromatic carbocycles. The molecule has 4 heteroatoms. The van der Waals surface area contributed by atoms with Crippen LogP contribution < -0.4 is 25.5 Å². The molecule has 0 N–H and O–H groups in total. The summed E-state index contributed by atoms with van der Waals surface area (Å²) < 4.78 is 1.40. The zero-order valence-corrected chi connectivity index (χ0v) is 41.2. The van der Waals surface area contributed by atoms with Gasteiger partial charge in [0.2, 0.25) is 0 Å². The van der Waals surface area contributed by atoms with Gasteiger partial charge in [0.15, 0.2) is 0 Å². The van der Waals surface area contributed by atoms with E-state index >= 15 is 0 Å². The van der Waals surface area contributed by atoms with E-state index in [9.17, 15) is 0 Å². The topological polar surface area (TPSA) is 6.48 Å². The summed E-state index contributed by atoms with van der Waals surface area (Å²) in [6, 6.07) is 88.5. The summed E-state index contributed by atoms with van der Waals surface area (Å²) in [5.74, 6) is 0.390. The molecule has 0 fully saturated rings. The molecule has 3 heterocycles. The molecule has 2 spiro atoms. The summed E-state index contributed by atoms with van der Waals surface area (Å²) in [5, 5.41) is 0. The highest BCUT2D eigenvalue weighted by Crippen LogP contribution is 2.68. The second-order valence-electron chi connectivity index (χ2n) is 21.1. The number of para-hydroxylation sites is 2. The maximum absolute atomic E-state index is 2.70. The Hall–Kier alpha value is -8.44. The average molecular weight is 945 g/mol. The van der Waals surface area contributed by atoms with Gasteiger partial charge in [-0.3, -0.25) is 0 Å². The quantitative estimate of drug-likeness (QED) is 0.163. The van der Waals surface area contributed by atoms with Crippen molar-refractivity contribution in [3.05, 3.63) is 280 Å². The molecular weight excluding hydrogens is 900 g/mol. The lowest BCUT2D eigenvalue weighted by atomic mass is 9.36. The van der Waals surface area contributed by atoms with Crippen molar-refractivity contribution in [3.8, 4) is 44.5 Å². The molecule has 1 aromatic heterocycles. The van der Waals surface area contributed by atoms with Crippen LogP contribution in [-0.4, -0.2) is 6.71 Å². The van der Waals surface area contributed by atoms with Crippen molar-refractivity contribution in [2.45, 2.75) is 30.6 Å². The lowest BCUT2D eigenvalue weighted by molar-refractivity contribution is 0.785. The molecule has 73 heavy (non-hydrogen) atoms. The van der Waals surface area contributed by atoms with Gasteiger partial charge < -0.3 is 9.80 Å². The van der Waals surface area contributed by atoms with Crippen molar-refractivity contribution in [1.29, 1.82) is 0 Å². The van der Waals surface area contributed by atoms with Crippen LogP contribution in [0.3, 0.4) is 0 Å². The Morgan fingerprint density at radius 3 is 1.44 bits per heavy atom. The standard InChI is InChI=1S/C69H45BN2S/c1-41(2)42-36-37-49-47-26-9-14-29-52(47)68(57(49)38-42)53-30-15-12-27-48(53)51-39-62-59(40-58(51)68)70-64-60(71(62)43-20-5-3-6-21-43)34-19-35-61(64)72(44-22-7-4-8-23-44)65-63-50-28-13-18-33-56(50)69(66(63)73-67(65)70)54-31-16-10-24-45(54)46-25-11-17-32-55(46)69/h3-41H,1-2H3. The lowest BCUT2D eigenvalue weighted by Crippen LogP contribution is -2.60. The van der Waals surface area contributed by atoms with Crippen LogP contribution in [0.25, 0.3) is 44.5 Å². The fourth-order valence-corrected chi connectivity index (χ4v) is 16.6. The molecule has 0 saturated heterocycles. The SMILES string of the molecule is CC(C)c1ccc2c(c1)C1(c3ccccc3-2)c2ccccc2-c2cc3c(cc21)B1c2sc4c(c2N(c2ccccc2)c2cccc(c21)N3c1ccccc1)-c1ccccc1C41c2ccccc2-c2ccccc21. The summed E-state index contributed by atoms with van der Waals surface area (Å²) in [6.07, 6.45) is 0. The van der Waals surface area contributed by atoms with Gasteiger partial charge in [-0.1, -0.05) is 202 Å². The summed E-state index contributed by atoms with van der Waals surface area (Å²) in [6.45, 7) is 4.60. The molecule has 2 nitrogen and oxygen atoms in total. The molecule has 0 bridgehead atoms. The number of rotatable bonds is 3. The fourth-order valence-electron chi connectivity index (χ4n) is 14.9. The molecular formula is C69H45BN2S. The summed E-state index contributed by atoms with van der Waals surface area (Å²) in [5.41, 5.74) is 30.8. The van der Waals surface area contributed by atoms with Crippen LogP contribution in [0.5, 0.6) is 0 Å². The molecule has 4 aliphatic carbocycles. The van der Waals surface area contributed by atoms with E-state index in [-0.39, 0.29) is 6.71 Å². The second kappa shape index (κ2) is 14.2. The Labute approximate surface area is 430 Å². The van der Waals surface area contributed by atoms with E-state index in [1.165, 1.54) is 138 Å². The monoisotopic (exact) mass is 944 g/mol. The fraction of sp³-hybridized carbons (Fsp3) is 0.0725. The first-order valence-electron chi connectivity index (χ1n) is 25.9. The van der Waals surface area contributed by atoms with Crippen molar-refractivity contribution in [2.24, 2.45) is 0 Å². The van der Waals surface area contributed by atoms with Gasteiger partial charge >= 0.3 is 0 Å². The molecule has 1 unspecified atom stereocenters. The van der Waals surface area contributed by atoms with Gasteiger partial charge in [-0.2, -0.15) is 0 Å². The number of nitrogens with zero attached hydrogens (tertiary/aromatic N) is 2. The molecule has 0 saturated carbocycles. The van der Waals surface area contributed by atoms with Gasteiger partial charge in [-0.15, -0.1) is 11.3 Å².